The minimum atomic E-state index is 0.167. The predicted octanol–water partition coefficient (Wildman–Crippen LogP) is 1.87. The fraction of sp³-hybridized carbons (Fsp3) is 0.929. The SMILES string of the molecule is O=C(C1CCSC1)N1CCNCC12CCCCC2. The largest absolute Gasteiger partial charge is 0.334 e. The molecule has 18 heavy (non-hydrogen) atoms. The number of piperazine rings is 1. The molecule has 1 unspecified atom stereocenters. The second-order valence-electron chi connectivity index (χ2n) is 6.01. The number of hydrogen-bond acceptors (Lipinski definition) is 3. The van der Waals surface area contributed by atoms with E-state index >= 15 is 0 Å². The molecule has 1 saturated carbocycles. The number of amides is 1. The van der Waals surface area contributed by atoms with E-state index in [9.17, 15) is 4.79 Å². The van der Waals surface area contributed by atoms with Gasteiger partial charge in [0.15, 0.2) is 0 Å². The first kappa shape index (κ1) is 12.8. The third kappa shape index (κ3) is 2.29. The Morgan fingerprint density at radius 1 is 1.28 bits per heavy atom. The van der Waals surface area contributed by atoms with E-state index in [4.69, 9.17) is 0 Å². The van der Waals surface area contributed by atoms with Gasteiger partial charge in [-0.25, -0.2) is 0 Å². The Balaban J connectivity index is 1.76. The Kier molecular flexibility index (Phi) is 3.85. The summed E-state index contributed by atoms with van der Waals surface area (Å²) in [6.45, 7) is 2.94. The molecule has 1 amide bonds. The zero-order valence-corrected chi connectivity index (χ0v) is 11.9. The summed E-state index contributed by atoms with van der Waals surface area (Å²) in [6.07, 6.45) is 7.47. The normalized spacial score (nSPS) is 31.8. The fourth-order valence-corrected chi connectivity index (χ4v) is 5.01. The maximum Gasteiger partial charge on any atom is 0.227 e. The molecule has 2 saturated heterocycles. The van der Waals surface area contributed by atoms with Crippen LogP contribution >= 0.6 is 11.8 Å². The standard InChI is InChI=1S/C14H24N2OS/c17-13(12-4-9-18-10-12)16-8-7-15-11-14(16)5-2-1-3-6-14/h12,15H,1-11H2. The number of nitrogens with one attached hydrogen (secondary N) is 1. The van der Waals surface area contributed by atoms with Crippen LogP contribution in [0.5, 0.6) is 0 Å². The highest BCUT2D eigenvalue weighted by atomic mass is 32.2. The highest BCUT2D eigenvalue weighted by molar-refractivity contribution is 7.99. The van der Waals surface area contributed by atoms with Gasteiger partial charge in [-0.3, -0.25) is 4.79 Å². The molecule has 1 atom stereocenters. The van der Waals surface area contributed by atoms with Gasteiger partial charge < -0.3 is 10.2 Å². The van der Waals surface area contributed by atoms with Crippen molar-refractivity contribution >= 4 is 17.7 Å². The molecule has 1 spiro atoms. The predicted molar refractivity (Wildman–Crippen MR) is 75.8 cm³/mol. The Morgan fingerprint density at radius 2 is 2.11 bits per heavy atom. The first-order chi connectivity index (χ1) is 8.82. The molecule has 3 rings (SSSR count). The summed E-state index contributed by atoms with van der Waals surface area (Å²) in [7, 11) is 0. The average Bonchev–Trinajstić information content (AvgIpc) is 2.93. The second kappa shape index (κ2) is 5.41. The van der Waals surface area contributed by atoms with Crippen LogP contribution in [0.2, 0.25) is 0 Å². The van der Waals surface area contributed by atoms with Crippen LogP contribution in [0, 0.1) is 5.92 Å². The molecule has 0 radical (unpaired) electrons. The number of rotatable bonds is 1. The van der Waals surface area contributed by atoms with Crippen LogP contribution in [-0.2, 0) is 4.79 Å². The van der Waals surface area contributed by atoms with Crippen molar-refractivity contribution < 1.29 is 4.79 Å². The number of nitrogens with zero attached hydrogens (tertiary/aromatic N) is 1. The molecule has 2 heterocycles. The molecule has 0 aromatic rings. The molecule has 0 aromatic heterocycles. The molecule has 3 nitrogen and oxygen atoms in total. The van der Waals surface area contributed by atoms with Crippen molar-refractivity contribution in [1.29, 1.82) is 0 Å². The topological polar surface area (TPSA) is 32.3 Å². The first-order valence-corrected chi connectivity index (χ1v) is 8.57. The Hall–Kier alpha value is -0.220. The van der Waals surface area contributed by atoms with Gasteiger partial charge in [-0.15, -0.1) is 0 Å². The lowest BCUT2D eigenvalue weighted by atomic mass is 9.78. The van der Waals surface area contributed by atoms with Gasteiger partial charge in [-0.1, -0.05) is 19.3 Å². The Morgan fingerprint density at radius 3 is 2.83 bits per heavy atom. The van der Waals surface area contributed by atoms with Crippen molar-refractivity contribution in [2.45, 2.75) is 44.1 Å². The maximum atomic E-state index is 12.8. The molecule has 102 valence electrons. The molecular weight excluding hydrogens is 244 g/mol. The summed E-state index contributed by atoms with van der Waals surface area (Å²) >= 11 is 1.95. The third-order valence-electron chi connectivity index (χ3n) is 4.87. The summed E-state index contributed by atoms with van der Waals surface area (Å²) in [4.78, 5) is 15.0. The van der Waals surface area contributed by atoms with E-state index in [2.05, 4.69) is 10.2 Å². The van der Waals surface area contributed by atoms with Gasteiger partial charge >= 0.3 is 0 Å². The van der Waals surface area contributed by atoms with Crippen molar-refractivity contribution in [1.82, 2.24) is 10.2 Å². The van der Waals surface area contributed by atoms with Crippen LogP contribution < -0.4 is 5.32 Å². The molecule has 2 aliphatic heterocycles. The zero-order valence-electron chi connectivity index (χ0n) is 11.1. The van der Waals surface area contributed by atoms with E-state index in [1.807, 2.05) is 11.8 Å². The molecule has 1 N–H and O–H groups in total. The zero-order chi connectivity index (χ0) is 12.4. The average molecular weight is 268 g/mol. The van der Waals surface area contributed by atoms with Crippen LogP contribution in [-0.4, -0.2) is 47.5 Å². The lowest BCUT2D eigenvalue weighted by Gasteiger charge is -2.50. The Bertz CT molecular complexity index is 301. The van der Waals surface area contributed by atoms with Crippen molar-refractivity contribution in [3.63, 3.8) is 0 Å². The minimum Gasteiger partial charge on any atom is -0.334 e. The Labute approximate surface area is 114 Å². The lowest BCUT2D eigenvalue weighted by molar-refractivity contribution is -0.144. The third-order valence-corrected chi connectivity index (χ3v) is 6.03. The summed E-state index contributed by atoms with van der Waals surface area (Å²) < 4.78 is 0. The highest BCUT2D eigenvalue weighted by Crippen LogP contribution is 2.37. The number of carbonyl (C=O) groups excluding carboxylic acids is 1. The van der Waals surface area contributed by atoms with Crippen molar-refractivity contribution in [3.8, 4) is 0 Å². The maximum absolute atomic E-state index is 12.8. The summed E-state index contributed by atoms with van der Waals surface area (Å²) in [5.41, 5.74) is 0.167. The fourth-order valence-electron chi connectivity index (χ4n) is 3.79. The molecule has 0 bridgehead atoms. The molecule has 3 aliphatic rings. The van der Waals surface area contributed by atoms with Crippen LogP contribution in [0.3, 0.4) is 0 Å². The lowest BCUT2D eigenvalue weighted by Crippen LogP contribution is -2.64. The molecular formula is C14H24N2OS. The van der Waals surface area contributed by atoms with Gasteiger partial charge in [0.2, 0.25) is 5.91 Å². The molecule has 3 fully saturated rings. The monoisotopic (exact) mass is 268 g/mol. The van der Waals surface area contributed by atoms with Crippen molar-refractivity contribution in [3.05, 3.63) is 0 Å². The van der Waals surface area contributed by atoms with Crippen molar-refractivity contribution in [2.75, 3.05) is 31.1 Å². The second-order valence-corrected chi connectivity index (χ2v) is 7.16. The molecule has 0 aromatic carbocycles. The van der Waals surface area contributed by atoms with Crippen LogP contribution in [0.15, 0.2) is 0 Å². The summed E-state index contributed by atoms with van der Waals surface area (Å²) in [6, 6.07) is 0. The molecule has 4 heteroatoms. The summed E-state index contributed by atoms with van der Waals surface area (Å²) in [5, 5.41) is 3.52. The van der Waals surface area contributed by atoms with Crippen LogP contribution in [0.25, 0.3) is 0 Å². The smallest absolute Gasteiger partial charge is 0.227 e. The van der Waals surface area contributed by atoms with E-state index in [-0.39, 0.29) is 5.54 Å². The summed E-state index contributed by atoms with van der Waals surface area (Å²) in [5.74, 6) is 3.00. The first-order valence-electron chi connectivity index (χ1n) is 7.42. The minimum absolute atomic E-state index is 0.167. The van der Waals surface area contributed by atoms with Gasteiger partial charge in [0.25, 0.3) is 0 Å². The van der Waals surface area contributed by atoms with Gasteiger partial charge in [-0.2, -0.15) is 11.8 Å². The van der Waals surface area contributed by atoms with Gasteiger partial charge in [0, 0.05) is 31.3 Å². The number of hydrogen-bond donors (Lipinski definition) is 1. The van der Waals surface area contributed by atoms with Crippen LogP contribution in [0.4, 0.5) is 0 Å². The van der Waals surface area contributed by atoms with Gasteiger partial charge in [-0.05, 0) is 25.0 Å². The van der Waals surface area contributed by atoms with Crippen molar-refractivity contribution in [2.24, 2.45) is 5.92 Å². The highest BCUT2D eigenvalue weighted by Gasteiger charge is 2.44. The molecule has 1 aliphatic carbocycles. The van der Waals surface area contributed by atoms with Gasteiger partial charge in [0.05, 0.1) is 5.54 Å². The van der Waals surface area contributed by atoms with E-state index in [1.165, 1.54) is 37.9 Å². The van der Waals surface area contributed by atoms with E-state index in [1.54, 1.807) is 0 Å². The number of carbonyl (C=O) groups is 1. The van der Waals surface area contributed by atoms with Crippen LogP contribution in [0.1, 0.15) is 38.5 Å². The van der Waals surface area contributed by atoms with Gasteiger partial charge in [0.1, 0.15) is 0 Å². The van der Waals surface area contributed by atoms with E-state index < -0.39 is 0 Å². The quantitative estimate of drug-likeness (QED) is 0.788. The van der Waals surface area contributed by atoms with E-state index in [0.29, 0.717) is 11.8 Å². The number of thioether (sulfide) groups is 1. The van der Waals surface area contributed by atoms with E-state index in [0.717, 1.165) is 31.8 Å².